The van der Waals surface area contributed by atoms with Gasteiger partial charge < -0.3 is 19.7 Å². The van der Waals surface area contributed by atoms with Crippen LogP contribution in [0.1, 0.15) is 18.9 Å². The number of methoxy groups -OCH3 is 1. The predicted octanol–water partition coefficient (Wildman–Crippen LogP) is 1.35. The maximum atomic E-state index is 11.6. The average Bonchev–Trinajstić information content (AvgIpc) is 2.71. The van der Waals surface area contributed by atoms with E-state index in [9.17, 15) is 4.79 Å². The van der Waals surface area contributed by atoms with Crippen LogP contribution in [0.3, 0.4) is 0 Å². The molecular formula is C18H29N3O3. The highest BCUT2D eigenvalue weighted by Crippen LogP contribution is 2.32. The third-order valence-corrected chi connectivity index (χ3v) is 4.28. The Bertz CT molecular complexity index is 548. The Labute approximate surface area is 144 Å². The second-order valence-electron chi connectivity index (χ2n) is 6.47. The molecule has 0 spiro atoms. The number of nitrogens with zero attached hydrogens (tertiary/aromatic N) is 2. The number of carbonyl (C=O) groups excluding carboxylic acids is 1. The van der Waals surface area contributed by atoms with Gasteiger partial charge in [0.2, 0.25) is 5.91 Å². The highest BCUT2D eigenvalue weighted by molar-refractivity contribution is 5.76. The van der Waals surface area contributed by atoms with E-state index in [2.05, 4.69) is 28.1 Å². The van der Waals surface area contributed by atoms with E-state index in [1.165, 1.54) is 0 Å². The molecule has 1 N–H and O–H groups in total. The molecule has 1 fully saturated rings. The van der Waals surface area contributed by atoms with E-state index >= 15 is 0 Å². The molecule has 1 atom stereocenters. The van der Waals surface area contributed by atoms with Crippen LogP contribution in [0.4, 0.5) is 0 Å². The van der Waals surface area contributed by atoms with Crippen LogP contribution in [0.2, 0.25) is 0 Å². The fourth-order valence-electron chi connectivity index (χ4n) is 2.74. The smallest absolute Gasteiger partial charge is 0.221 e. The quantitative estimate of drug-likeness (QED) is 0.815. The van der Waals surface area contributed by atoms with Crippen LogP contribution in [0.5, 0.6) is 11.5 Å². The molecule has 0 saturated carbocycles. The summed E-state index contributed by atoms with van der Waals surface area (Å²) in [6.45, 7) is 5.76. The Morgan fingerprint density at radius 1 is 1.38 bits per heavy atom. The van der Waals surface area contributed by atoms with Gasteiger partial charge in [0, 0.05) is 44.2 Å². The van der Waals surface area contributed by atoms with Crippen molar-refractivity contribution in [2.24, 2.45) is 0 Å². The molecule has 1 unspecified atom stereocenters. The van der Waals surface area contributed by atoms with Crippen LogP contribution in [0.15, 0.2) is 18.2 Å². The average molecular weight is 335 g/mol. The van der Waals surface area contributed by atoms with Gasteiger partial charge in [-0.05, 0) is 27.1 Å². The number of ether oxygens (including phenoxy) is 2. The number of hydrogen-bond donors (Lipinski definition) is 1. The largest absolute Gasteiger partial charge is 0.493 e. The maximum absolute atomic E-state index is 11.6. The minimum atomic E-state index is 0.123. The van der Waals surface area contributed by atoms with E-state index in [0.29, 0.717) is 19.6 Å². The van der Waals surface area contributed by atoms with Crippen molar-refractivity contribution in [2.75, 3.05) is 47.4 Å². The summed E-state index contributed by atoms with van der Waals surface area (Å²) in [5.74, 6) is 1.68. The third kappa shape index (κ3) is 5.11. The first-order valence-corrected chi connectivity index (χ1v) is 8.45. The summed E-state index contributed by atoms with van der Waals surface area (Å²) in [7, 11) is 5.71. The van der Waals surface area contributed by atoms with Crippen LogP contribution in [0, 0.1) is 0 Å². The van der Waals surface area contributed by atoms with E-state index in [1.54, 1.807) is 7.11 Å². The van der Waals surface area contributed by atoms with Crippen molar-refractivity contribution in [2.45, 2.75) is 25.9 Å². The van der Waals surface area contributed by atoms with Crippen LogP contribution in [-0.2, 0) is 11.3 Å². The van der Waals surface area contributed by atoms with Crippen molar-refractivity contribution in [1.82, 2.24) is 15.1 Å². The SMILES string of the molecule is COc1cccc(CN2CCC(=O)NCC2C)c1OCCN(C)C. The second kappa shape index (κ2) is 8.89. The van der Waals surface area contributed by atoms with Gasteiger partial charge in [0.25, 0.3) is 0 Å². The van der Waals surface area contributed by atoms with Crippen LogP contribution >= 0.6 is 0 Å². The van der Waals surface area contributed by atoms with Gasteiger partial charge in [-0.15, -0.1) is 0 Å². The summed E-state index contributed by atoms with van der Waals surface area (Å²) >= 11 is 0. The topological polar surface area (TPSA) is 54.0 Å². The molecule has 1 aromatic rings. The van der Waals surface area contributed by atoms with Gasteiger partial charge in [0.05, 0.1) is 7.11 Å². The number of hydrogen-bond acceptors (Lipinski definition) is 5. The van der Waals surface area contributed by atoms with Crippen molar-refractivity contribution in [3.8, 4) is 11.5 Å². The normalized spacial score (nSPS) is 19.0. The second-order valence-corrected chi connectivity index (χ2v) is 6.47. The Hall–Kier alpha value is -1.79. The van der Waals surface area contributed by atoms with E-state index in [4.69, 9.17) is 9.47 Å². The summed E-state index contributed by atoms with van der Waals surface area (Å²) in [6, 6.07) is 6.27. The van der Waals surface area contributed by atoms with Gasteiger partial charge >= 0.3 is 0 Å². The first-order chi connectivity index (χ1) is 11.5. The predicted molar refractivity (Wildman–Crippen MR) is 94.5 cm³/mol. The summed E-state index contributed by atoms with van der Waals surface area (Å²) in [4.78, 5) is 16.0. The van der Waals surface area contributed by atoms with Crippen molar-refractivity contribution in [3.05, 3.63) is 23.8 Å². The van der Waals surface area contributed by atoms with E-state index in [1.807, 2.05) is 26.2 Å². The first kappa shape index (κ1) is 18.5. The van der Waals surface area contributed by atoms with Gasteiger partial charge in [0.1, 0.15) is 6.61 Å². The monoisotopic (exact) mass is 335 g/mol. The zero-order chi connectivity index (χ0) is 17.5. The zero-order valence-electron chi connectivity index (χ0n) is 15.2. The molecule has 0 aromatic heterocycles. The minimum Gasteiger partial charge on any atom is -0.493 e. The van der Waals surface area contributed by atoms with Gasteiger partial charge in [-0.2, -0.15) is 0 Å². The van der Waals surface area contributed by atoms with Crippen molar-refractivity contribution >= 4 is 5.91 Å². The number of rotatable bonds is 7. The Balaban J connectivity index is 2.14. The van der Waals surface area contributed by atoms with Gasteiger partial charge in [-0.25, -0.2) is 0 Å². The Kier molecular flexibility index (Phi) is 6.87. The van der Waals surface area contributed by atoms with Crippen molar-refractivity contribution in [3.63, 3.8) is 0 Å². The molecule has 134 valence electrons. The molecule has 0 aliphatic carbocycles. The van der Waals surface area contributed by atoms with Gasteiger partial charge in [-0.1, -0.05) is 12.1 Å². The van der Waals surface area contributed by atoms with Gasteiger partial charge in [-0.3, -0.25) is 9.69 Å². The fourth-order valence-corrected chi connectivity index (χ4v) is 2.74. The van der Waals surface area contributed by atoms with E-state index in [-0.39, 0.29) is 11.9 Å². The van der Waals surface area contributed by atoms with Crippen molar-refractivity contribution in [1.29, 1.82) is 0 Å². The lowest BCUT2D eigenvalue weighted by Crippen LogP contribution is -2.37. The van der Waals surface area contributed by atoms with Crippen LogP contribution in [-0.4, -0.2) is 69.2 Å². The molecule has 24 heavy (non-hydrogen) atoms. The molecule has 1 amide bonds. The standard InChI is InChI=1S/C18H29N3O3/c1-14-12-19-17(22)8-9-21(14)13-15-6-5-7-16(23-4)18(15)24-11-10-20(2)3/h5-7,14H,8-13H2,1-4H3,(H,19,22). The molecule has 1 aromatic carbocycles. The molecule has 2 rings (SSSR count). The molecule has 1 saturated heterocycles. The lowest BCUT2D eigenvalue weighted by Gasteiger charge is -2.27. The highest BCUT2D eigenvalue weighted by Gasteiger charge is 2.22. The molecule has 1 aliphatic rings. The van der Waals surface area contributed by atoms with Crippen molar-refractivity contribution < 1.29 is 14.3 Å². The molecular weight excluding hydrogens is 306 g/mol. The molecule has 0 radical (unpaired) electrons. The number of likely N-dealkylation sites (N-methyl/N-ethyl adjacent to an activating group) is 1. The van der Waals surface area contributed by atoms with Crippen LogP contribution < -0.4 is 14.8 Å². The number of benzene rings is 1. The number of carbonyl (C=O) groups is 1. The fraction of sp³-hybridized carbons (Fsp3) is 0.611. The zero-order valence-corrected chi connectivity index (χ0v) is 15.2. The number of nitrogens with one attached hydrogen (secondary N) is 1. The lowest BCUT2D eigenvalue weighted by atomic mass is 10.1. The maximum Gasteiger partial charge on any atom is 0.221 e. The van der Waals surface area contributed by atoms with E-state index in [0.717, 1.165) is 36.7 Å². The Morgan fingerprint density at radius 3 is 2.88 bits per heavy atom. The first-order valence-electron chi connectivity index (χ1n) is 8.45. The highest BCUT2D eigenvalue weighted by atomic mass is 16.5. The van der Waals surface area contributed by atoms with Gasteiger partial charge in [0.15, 0.2) is 11.5 Å². The molecule has 6 nitrogen and oxygen atoms in total. The van der Waals surface area contributed by atoms with E-state index < -0.39 is 0 Å². The summed E-state index contributed by atoms with van der Waals surface area (Å²) < 4.78 is 11.5. The summed E-state index contributed by atoms with van der Waals surface area (Å²) in [5, 5.41) is 2.95. The Morgan fingerprint density at radius 2 is 2.17 bits per heavy atom. The minimum absolute atomic E-state index is 0.123. The molecule has 1 aliphatic heterocycles. The molecule has 1 heterocycles. The lowest BCUT2D eigenvalue weighted by molar-refractivity contribution is -0.120. The summed E-state index contributed by atoms with van der Waals surface area (Å²) in [5.41, 5.74) is 1.09. The summed E-state index contributed by atoms with van der Waals surface area (Å²) in [6.07, 6.45) is 0.533. The third-order valence-electron chi connectivity index (χ3n) is 4.28. The number of para-hydroxylation sites is 1. The number of amides is 1. The molecule has 6 heteroatoms. The molecule has 0 bridgehead atoms. The van der Waals surface area contributed by atoms with Crippen LogP contribution in [0.25, 0.3) is 0 Å².